The van der Waals surface area contributed by atoms with E-state index in [0.717, 1.165) is 42.5 Å². The Balaban J connectivity index is 2.70. The van der Waals surface area contributed by atoms with Crippen molar-refractivity contribution in [1.29, 1.82) is 0 Å². The molecule has 0 spiro atoms. The minimum absolute atomic E-state index is 0.0955. The first-order valence-corrected chi connectivity index (χ1v) is 11.1. The summed E-state index contributed by atoms with van der Waals surface area (Å²) in [5, 5.41) is 11.3. The molecule has 2 aromatic rings. The second-order valence-corrected chi connectivity index (χ2v) is 8.60. The number of hydrogen-bond acceptors (Lipinski definition) is 2. The second kappa shape index (κ2) is 10.7. The van der Waals surface area contributed by atoms with Crippen LogP contribution in [0.5, 0.6) is 5.75 Å². The fourth-order valence-electron chi connectivity index (χ4n) is 3.56. The predicted octanol–water partition coefficient (Wildman–Crippen LogP) is 8.23. The topological polar surface area (TPSA) is 29.5 Å². The van der Waals surface area contributed by atoms with Gasteiger partial charge in [0.05, 0.1) is 13.0 Å². The number of unbranched alkanes of at least 4 members (excludes halogenated alkanes) is 1. The van der Waals surface area contributed by atoms with Gasteiger partial charge in [-0.2, -0.15) is 57.1 Å². The molecular weight excluding hydrogens is 567 g/mol. The number of hydrogen-bond donors (Lipinski definition) is 1. The number of rotatable bonds is 12. The van der Waals surface area contributed by atoms with Crippen LogP contribution in [0.15, 0.2) is 54.6 Å². The van der Waals surface area contributed by atoms with Gasteiger partial charge < -0.3 is 9.84 Å². The van der Waals surface area contributed by atoms with Crippen LogP contribution in [-0.4, -0.2) is 47.5 Å². The molecule has 0 saturated heterocycles. The summed E-state index contributed by atoms with van der Waals surface area (Å²) in [5.41, 5.74) is -4.81. The molecule has 0 heterocycles. The van der Waals surface area contributed by atoms with E-state index in [-0.39, 0.29) is 6.61 Å². The molecule has 0 saturated carbocycles. The number of ether oxygens (including phenoxy) is 1. The Morgan fingerprint density at radius 2 is 1.13 bits per heavy atom. The summed E-state index contributed by atoms with van der Waals surface area (Å²) in [6.45, 7) is 1.64. The molecule has 0 amide bonds. The highest BCUT2D eigenvalue weighted by atomic mass is 19.4. The Bertz CT molecular complexity index is 1100. The van der Waals surface area contributed by atoms with Crippen molar-refractivity contribution in [2.45, 2.75) is 67.6 Å². The fourth-order valence-corrected chi connectivity index (χ4v) is 3.56. The zero-order valence-corrected chi connectivity index (χ0v) is 19.8. The van der Waals surface area contributed by atoms with E-state index in [0.29, 0.717) is 12.8 Å². The Morgan fingerprint density at radius 1 is 0.641 bits per heavy atom. The van der Waals surface area contributed by atoms with E-state index in [2.05, 4.69) is 0 Å². The van der Waals surface area contributed by atoms with Crippen LogP contribution in [0.4, 0.5) is 57.1 Å². The van der Waals surface area contributed by atoms with E-state index in [1.54, 1.807) is 6.92 Å². The number of halogens is 13. The summed E-state index contributed by atoms with van der Waals surface area (Å²) in [5.74, 6) is -38.3. The lowest BCUT2D eigenvalue weighted by Gasteiger charge is -2.42. The van der Waals surface area contributed by atoms with Crippen LogP contribution in [0, 0.1) is 0 Å². The number of para-hydroxylation sites is 1. The standard InChI is InChI=1S/C24H21F13O2/c1-2-3-13-39-17-12-8-7-11-16(17)18(38,15-9-5-4-6-10-15)14-19(25,26)20(27,28)21(29,30)22(31,32)23(33,34)24(35,36)37/h4-12,38H,2-3,13-14H2,1H3. The van der Waals surface area contributed by atoms with Crippen molar-refractivity contribution >= 4 is 0 Å². The Morgan fingerprint density at radius 3 is 1.64 bits per heavy atom. The Labute approximate surface area is 213 Å². The van der Waals surface area contributed by atoms with E-state index < -0.39 is 64.7 Å². The minimum atomic E-state index is -8.03. The molecular formula is C24H21F13O2. The van der Waals surface area contributed by atoms with Crippen LogP contribution in [0.1, 0.15) is 37.3 Å². The van der Waals surface area contributed by atoms with Gasteiger partial charge in [-0.25, -0.2) is 0 Å². The lowest BCUT2D eigenvalue weighted by Crippen LogP contribution is -2.70. The largest absolute Gasteiger partial charge is 0.493 e. The average molecular weight is 588 g/mol. The van der Waals surface area contributed by atoms with Gasteiger partial charge in [0, 0.05) is 5.56 Å². The van der Waals surface area contributed by atoms with Gasteiger partial charge in [0.25, 0.3) is 0 Å². The third kappa shape index (κ3) is 5.50. The van der Waals surface area contributed by atoms with Gasteiger partial charge in [-0.1, -0.05) is 61.9 Å². The second-order valence-electron chi connectivity index (χ2n) is 8.60. The summed E-state index contributed by atoms with van der Waals surface area (Å²) < 4.78 is 183. The maximum absolute atomic E-state index is 14.9. The molecule has 0 aromatic heterocycles. The first-order valence-electron chi connectivity index (χ1n) is 11.1. The maximum atomic E-state index is 14.9. The fraction of sp³-hybridized carbons (Fsp3) is 0.500. The summed E-state index contributed by atoms with van der Waals surface area (Å²) in [6.07, 6.45) is -9.43. The van der Waals surface area contributed by atoms with E-state index in [1.807, 2.05) is 0 Å². The molecule has 220 valence electrons. The Kier molecular flexibility index (Phi) is 8.91. The first-order chi connectivity index (χ1) is 17.6. The van der Waals surface area contributed by atoms with Crippen molar-refractivity contribution in [3.63, 3.8) is 0 Å². The zero-order valence-electron chi connectivity index (χ0n) is 19.8. The summed E-state index contributed by atoms with van der Waals surface area (Å²) in [4.78, 5) is 0. The third-order valence-corrected chi connectivity index (χ3v) is 5.82. The van der Waals surface area contributed by atoms with Crippen molar-refractivity contribution in [3.05, 3.63) is 65.7 Å². The molecule has 0 aliphatic rings. The van der Waals surface area contributed by atoms with Crippen molar-refractivity contribution in [2.24, 2.45) is 0 Å². The SMILES string of the molecule is CCCCOc1ccccc1C(O)(CC(F)(F)C(F)(F)C(F)(F)C(F)(F)C(F)(F)C(F)(F)F)c1ccccc1. The van der Waals surface area contributed by atoms with Crippen LogP contribution in [0.3, 0.4) is 0 Å². The lowest BCUT2D eigenvalue weighted by atomic mass is 9.78. The normalized spacial score (nSPS) is 15.7. The summed E-state index contributed by atoms with van der Waals surface area (Å²) in [7, 11) is 0. The summed E-state index contributed by atoms with van der Waals surface area (Å²) >= 11 is 0. The van der Waals surface area contributed by atoms with Gasteiger partial charge >= 0.3 is 35.8 Å². The molecule has 39 heavy (non-hydrogen) atoms. The molecule has 0 fully saturated rings. The molecule has 0 radical (unpaired) electrons. The average Bonchev–Trinajstić information content (AvgIpc) is 2.83. The molecule has 0 aliphatic carbocycles. The van der Waals surface area contributed by atoms with Crippen molar-refractivity contribution in [3.8, 4) is 5.75 Å². The Hall–Kier alpha value is -2.71. The highest BCUT2D eigenvalue weighted by Crippen LogP contribution is 2.62. The molecule has 1 unspecified atom stereocenters. The zero-order chi connectivity index (χ0) is 30.1. The third-order valence-electron chi connectivity index (χ3n) is 5.82. The molecule has 0 bridgehead atoms. The highest BCUT2D eigenvalue weighted by molar-refractivity contribution is 5.45. The van der Waals surface area contributed by atoms with Crippen LogP contribution in [0.25, 0.3) is 0 Å². The van der Waals surface area contributed by atoms with Crippen LogP contribution in [0.2, 0.25) is 0 Å². The van der Waals surface area contributed by atoms with Crippen LogP contribution >= 0.6 is 0 Å². The molecule has 2 rings (SSSR count). The molecule has 2 nitrogen and oxygen atoms in total. The van der Waals surface area contributed by atoms with Crippen molar-refractivity contribution in [1.82, 2.24) is 0 Å². The predicted molar refractivity (Wildman–Crippen MR) is 112 cm³/mol. The van der Waals surface area contributed by atoms with Gasteiger partial charge in [0.15, 0.2) is 0 Å². The lowest BCUT2D eigenvalue weighted by molar-refractivity contribution is -0.441. The quantitative estimate of drug-likeness (QED) is 0.200. The number of alkyl halides is 13. The van der Waals surface area contributed by atoms with E-state index >= 15 is 0 Å². The van der Waals surface area contributed by atoms with Crippen molar-refractivity contribution < 1.29 is 66.9 Å². The van der Waals surface area contributed by atoms with Crippen LogP contribution < -0.4 is 4.74 Å². The van der Waals surface area contributed by atoms with Gasteiger partial charge in [-0.05, 0) is 18.1 Å². The molecule has 1 N–H and O–H groups in total. The molecule has 2 aromatic carbocycles. The van der Waals surface area contributed by atoms with Gasteiger partial charge in [0.2, 0.25) is 0 Å². The van der Waals surface area contributed by atoms with Crippen LogP contribution in [-0.2, 0) is 5.60 Å². The monoisotopic (exact) mass is 588 g/mol. The number of benzene rings is 2. The molecule has 0 aliphatic heterocycles. The maximum Gasteiger partial charge on any atom is 0.460 e. The summed E-state index contributed by atoms with van der Waals surface area (Å²) in [6, 6.07) is 9.54. The van der Waals surface area contributed by atoms with Gasteiger partial charge in [-0.3, -0.25) is 0 Å². The molecule has 15 heteroatoms. The molecule has 1 atom stereocenters. The van der Waals surface area contributed by atoms with Gasteiger partial charge in [-0.15, -0.1) is 0 Å². The van der Waals surface area contributed by atoms with Gasteiger partial charge in [0.1, 0.15) is 11.4 Å². The van der Waals surface area contributed by atoms with Crippen molar-refractivity contribution in [2.75, 3.05) is 6.61 Å². The minimum Gasteiger partial charge on any atom is -0.493 e. The van der Waals surface area contributed by atoms with E-state index in [9.17, 15) is 62.2 Å². The highest BCUT2D eigenvalue weighted by Gasteiger charge is 2.90. The van der Waals surface area contributed by atoms with E-state index in [4.69, 9.17) is 4.74 Å². The first kappa shape index (κ1) is 32.5. The van der Waals surface area contributed by atoms with E-state index in [1.165, 1.54) is 12.1 Å². The smallest absolute Gasteiger partial charge is 0.460 e. The number of aliphatic hydroxyl groups is 1.